The number of amides is 1. The van der Waals surface area contributed by atoms with Crippen LogP contribution in [0.25, 0.3) is 0 Å². The van der Waals surface area contributed by atoms with E-state index in [-0.39, 0.29) is 17.9 Å². The number of rotatable bonds is 5. The highest BCUT2D eigenvalue weighted by molar-refractivity contribution is 5.85. The van der Waals surface area contributed by atoms with Gasteiger partial charge in [-0.3, -0.25) is 4.79 Å². The molecule has 1 heterocycles. The Bertz CT molecular complexity index is 756. The predicted octanol–water partition coefficient (Wildman–Crippen LogP) is 2.83. The topological polar surface area (TPSA) is 76.4 Å². The van der Waals surface area contributed by atoms with Crippen LogP contribution in [0.4, 0.5) is 5.69 Å². The van der Waals surface area contributed by atoms with Crippen molar-refractivity contribution >= 4 is 11.6 Å². The summed E-state index contributed by atoms with van der Waals surface area (Å²) in [6.07, 6.45) is 0.805. The molecule has 1 amide bonds. The second-order valence-corrected chi connectivity index (χ2v) is 7.04. The molecule has 138 valence electrons. The SMILES string of the molecule is CC(C)C1Nc2cc(OCc3ccc(CN)cc3)ccc2CCNC1=O. The second kappa shape index (κ2) is 8.23. The summed E-state index contributed by atoms with van der Waals surface area (Å²) in [6, 6.07) is 13.9. The molecule has 0 saturated carbocycles. The number of ether oxygens (including phenoxy) is 1. The van der Waals surface area contributed by atoms with Crippen molar-refractivity contribution in [3.63, 3.8) is 0 Å². The Morgan fingerprint density at radius 1 is 1.15 bits per heavy atom. The zero-order valence-corrected chi connectivity index (χ0v) is 15.4. The van der Waals surface area contributed by atoms with Crippen LogP contribution in [0.2, 0.25) is 0 Å². The van der Waals surface area contributed by atoms with Crippen molar-refractivity contribution in [1.82, 2.24) is 5.32 Å². The third-order valence-electron chi connectivity index (χ3n) is 4.70. The fraction of sp³-hybridized carbons (Fsp3) is 0.381. The van der Waals surface area contributed by atoms with Crippen LogP contribution in [0.1, 0.15) is 30.5 Å². The molecule has 2 aromatic carbocycles. The first-order valence-electron chi connectivity index (χ1n) is 9.14. The maximum Gasteiger partial charge on any atom is 0.242 e. The maximum absolute atomic E-state index is 12.3. The van der Waals surface area contributed by atoms with Crippen molar-refractivity contribution in [2.24, 2.45) is 11.7 Å². The summed E-state index contributed by atoms with van der Waals surface area (Å²) in [5.74, 6) is 1.05. The van der Waals surface area contributed by atoms with Crippen LogP contribution in [0.5, 0.6) is 5.75 Å². The Hall–Kier alpha value is -2.53. The van der Waals surface area contributed by atoms with E-state index in [0.717, 1.165) is 29.0 Å². The number of anilines is 1. The van der Waals surface area contributed by atoms with Gasteiger partial charge in [0.05, 0.1) is 0 Å². The molecule has 5 heteroatoms. The molecule has 0 aromatic heterocycles. The molecular formula is C21H27N3O2. The molecule has 5 nitrogen and oxygen atoms in total. The predicted molar refractivity (Wildman–Crippen MR) is 104 cm³/mol. The van der Waals surface area contributed by atoms with E-state index in [1.807, 2.05) is 50.2 Å². The highest BCUT2D eigenvalue weighted by Gasteiger charge is 2.24. The van der Waals surface area contributed by atoms with E-state index in [4.69, 9.17) is 10.5 Å². The first-order valence-corrected chi connectivity index (χ1v) is 9.14. The average Bonchev–Trinajstić information content (AvgIpc) is 2.64. The van der Waals surface area contributed by atoms with Gasteiger partial charge in [0, 0.05) is 24.8 Å². The van der Waals surface area contributed by atoms with Crippen LogP contribution < -0.4 is 21.1 Å². The molecule has 0 spiro atoms. The van der Waals surface area contributed by atoms with Crippen LogP contribution in [-0.4, -0.2) is 18.5 Å². The Labute approximate surface area is 154 Å². The van der Waals surface area contributed by atoms with Crippen LogP contribution in [0, 0.1) is 5.92 Å². The van der Waals surface area contributed by atoms with Crippen molar-refractivity contribution in [1.29, 1.82) is 0 Å². The Balaban J connectivity index is 1.73. The van der Waals surface area contributed by atoms with Gasteiger partial charge in [0.2, 0.25) is 5.91 Å². The Kier molecular flexibility index (Phi) is 5.78. The largest absolute Gasteiger partial charge is 0.489 e. The lowest BCUT2D eigenvalue weighted by atomic mass is 9.99. The number of nitrogens with two attached hydrogens (primary N) is 1. The fourth-order valence-corrected chi connectivity index (χ4v) is 3.07. The number of carbonyl (C=O) groups excluding carboxylic acids is 1. The van der Waals surface area contributed by atoms with E-state index < -0.39 is 0 Å². The number of carbonyl (C=O) groups is 1. The highest BCUT2D eigenvalue weighted by Crippen LogP contribution is 2.26. The highest BCUT2D eigenvalue weighted by atomic mass is 16.5. The van der Waals surface area contributed by atoms with Gasteiger partial charge < -0.3 is 21.1 Å². The molecule has 0 radical (unpaired) electrons. The number of hydrogen-bond donors (Lipinski definition) is 3. The first-order chi connectivity index (χ1) is 12.6. The summed E-state index contributed by atoms with van der Waals surface area (Å²) in [5, 5.41) is 6.38. The lowest BCUT2D eigenvalue weighted by Crippen LogP contribution is -2.45. The third kappa shape index (κ3) is 4.35. The number of benzene rings is 2. The molecule has 0 fully saturated rings. The maximum atomic E-state index is 12.3. The van der Waals surface area contributed by atoms with Gasteiger partial charge in [0.15, 0.2) is 0 Å². The number of nitrogens with one attached hydrogen (secondary N) is 2. The summed E-state index contributed by atoms with van der Waals surface area (Å²) in [4.78, 5) is 12.3. The number of fused-ring (bicyclic) bond motifs is 1. The van der Waals surface area contributed by atoms with Crippen molar-refractivity contribution in [2.75, 3.05) is 11.9 Å². The van der Waals surface area contributed by atoms with Crippen molar-refractivity contribution in [3.8, 4) is 5.75 Å². The molecule has 1 unspecified atom stereocenters. The van der Waals surface area contributed by atoms with E-state index in [0.29, 0.717) is 19.7 Å². The first kappa shape index (κ1) is 18.3. The minimum Gasteiger partial charge on any atom is -0.489 e. The van der Waals surface area contributed by atoms with Crippen LogP contribution >= 0.6 is 0 Å². The monoisotopic (exact) mass is 353 g/mol. The van der Waals surface area contributed by atoms with Crippen molar-refractivity contribution in [3.05, 3.63) is 59.2 Å². The molecular weight excluding hydrogens is 326 g/mol. The molecule has 1 aliphatic rings. The molecule has 2 aromatic rings. The van der Waals surface area contributed by atoms with Gasteiger partial charge >= 0.3 is 0 Å². The second-order valence-electron chi connectivity index (χ2n) is 7.04. The minimum atomic E-state index is -0.242. The van der Waals surface area contributed by atoms with E-state index in [1.165, 1.54) is 5.56 Å². The zero-order valence-electron chi connectivity index (χ0n) is 15.4. The van der Waals surface area contributed by atoms with Crippen molar-refractivity contribution in [2.45, 2.75) is 39.5 Å². The Morgan fingerprint density at radius 3 is 2.58 bits per heavy atom. The van der Waals surface area contributed by atoms with Gasteiger partial charge in [-0.25, -0.2) is 0 Å². The van der Waals surface area contributed by atoms with Gasteiger partial charge in [0.1, 0.15) is 18.4 Å². The summed E-state index contributed by atoms with van der Waals surface area (Å²) in [7, 11) is 0. The zero-order chi connectivity index (χ0) is 18.5. The summed E-state index contributed by atoms with van der Waals surface area (Å²) >= 11 is 0. The molecule has 0 aliphatic carbocycles. The lowest BCUT2D eigenvalue weighted by Gasteiger charge is -2.27. The summed E-state index contributed by atoms with van der Waals surface area (Å²) in [5.41, 5.74) is 10.0. The molecule has 26 heavy (non-hydrogen) atoms. The standard InChI is InChI=1S/C21H27N3O2/c1-14(2)20-21(25)23-10-9-17-7-8-18(11-19(17)24-20)26-13-16-5-3-15(12-22)4-6-16/h3-8,11,14,20,24H,9-10,12-13,22H2,1-2H3,(H,23,25). The average molecular weight is 353 g/mol. The van der Waals surface area contributed by atoms with Gasteiger partial charge in [0.25, 0.3) is 0 Å². The van der Waals surface area contributed by atoms with E-state index in [1.54, 1.807) is 0 Å². The van der Waals surface area contributed by atoms with Gasteiger partial charge in [-0.2, -0.15) is 0 Å². The quantitative estimate of drug-likeness (QED) is 0.772. The number of hydrogen-bond acceptors (Lipinski definition) is 4. The van der Waals surface area contributed by atoms with Gasteiger partial charge in [-0.1, -0.05) is 44.2 Å². The van der Waals surface area contributed by atoms with Crippen molar-refractivity contribution < 1.29 is 9.53 Å². The molecule has 1 atom stereocenters. The summed E-state index contributed by atoms with van der Waals surface area (Å²) in [6.45, 7) is 5.79. The van der Waals surface area contributed by atoms with Crippen LogP contribution in [-0.2, 0) is 24.4 Å². The Morgan fingerprint density at radius 2 is 1.88 bits per heavy atom. The van der Waals surface area contributed by atoms with Gasteiger partial charge in [-0.15, -0.1) is 0 Å². The minimum absolute atomic E-state index is 0.0527. The lowest BCUT2D eigenvalue weighted by molar-refractivity contribution is -0.122. The molecule has 4 N–H and O–H groups in total. The fourth-order valence-electron chi connectivity index (χ4n) is 3.07. The normalized spacial score (nSPS) is 16.9. The summed E-state index contributed by atoms with van der Waals surface area (Å²) < 4.78 is 5.95. The molecule has 1 aliphatic heterocycles. The third-order valence-corrected chi connectivity index (χ3v) is 4.70. The van der Waals surface area contributed by atoms with Crippen LogP contribution in [0.3, 0.4) is 0 Å². The molecule has 0 bridgehead atoms. The molecule has 3 rings (SSSR count). The smallest absolute Gasteiger partial charge is 0.242 e. The molecule has 0 saturated heterocycles. The van der Waals surface area contributed by atoms with Crippen LogP contribution in [0.15, 0.2) is 42.5 Å². The van der Waals surface area contributed by atoms with E-state index in [2.05, 4.69) is 16.7 Å². The van der Waals surface area contributed by atoms with Gasteiger partial charge in [-0.05, 0) is 35.1 Å². The van der Waals surface area contributed by atoms with E-state index in [9.17, 15) is 4.79 Å². The van der Waals surface area contributed by atoms with E-state index >= 15 is 0 Å².